The van der Waals surface area contributed by atoms with E-state index in [2.05, 4.69) is 12.0 Å². The van der Waals surface area contributed by atoms with E-state index in [-0.39, 0.29) is 5.82 Å². The second-order valence-corrected chi connectivity index (χ2v) is 1.78. The van der Waals surface area contributed by atoms with Gasteiger partial charge in [0.2, 0.25) is 0 Å². The summed E-state index contributed by atoms with van der Waals surface area (Å²) in [5.41, 5.74) is 5.53. The van der Waals surface area contributed by atoms with Crippen LogP contribution in [0.5, 0.6) is 0 Å². The summed E-state index contributed by atoms with van der Waals surface area (Å²) in [6.45, 7) is 0. The smallest absolute Gasteiger partial charge is 0.124 e. The van der Waals surface area contributed by atoms with Crippen molar-refractivity contribution in [1.29, 1.82) is 0 Å². The summed E-state index contributed by atoms with van der Waals surface area (Å²) in [6, 6.07) is 8.18. The second-order valence-electron chi connectivity index (χ2n) is 1.78. The van der Waals surface area contributed by atoms with Gasteiger partial charge in [0.25, 0.3) is 0 Å². The Bertz CT molecular complexity index is 283. The molecule has 0 aliphatic rings. The lowest BCUT2D eigenvalue weighted by atomic mass is 10.2. The van der Waals surface area contributed by atoms with E-state index in [1.165, 1.54) is 12.1 Å². The number of rotatable bonds is 0. The Morgan fingerprint density at radius 1 is 1.40 bits per heavy atom. The average molecular weight is 135 g/mol. The first-order chi connectivity index (χ1) is 4.83. The molecule has 0 atom stereocenters. The molecule has 1 aromatic carbocycles. The molecule has 0 heterocycles. The van der Waals surface area contributed by atoms with Crippen LogP contribution < -0.4 is 5.73 Å². The van der Waals surface area contributed by atoms with Gasteiger partial charge in [0.1, 0.15) is 5.82 Å². The van der Waals surface area contributed by atoms with Gasteiger partial charge in [-0.1, -0.05) is 6.07 Å². The standard InChI is InChI=1S/C8H6FN/c9-8-3-1-2-7(6-8)4-5-10/h1-3,6H,10H2. The van der Waals surface area contributed by atoms with Crippen LogP contribution in [-0.4, -0.2) is 0 Å². The Morgan fingerprint density at radius 3 is 2.80 bits per heavy atom. The maximum Gasteiger partial charge on any atom is 0.124 e. The fourth-order valence-corrected chi connectivity index (χ4v) is 0.650. The van der Waals surface area contributed by atoms with Gasteiger partial charge in [-0.3, -0.25) is 0 Å². The third kappa shape index (κ3) is 1.49. The minimum atomic E-state index is -0.291. The number of halogens is 1. The van der Waals surface area contributed by atoms with Gasteiger partial charge in [0.15, 0.2) is 0 Å². The second kappa shape index (κ2) is 2.88. The SMILES string of the molecule is NC#Cc1cccc(F)c1. The van der Waals surface area contributed by atoms with Gasteiger partial charge in [-0.15, -0.1) is 0 Å². The van der Waals surface area contributed by atoms with Gasteiger partial charge in [0.05, 0.1) is 0 Å². The molecule has 0 amide bonds. The van der Waals surface area contributed by atoms with Crippen molar-refractivity contribution in [3.63, 3.8) is 0 Å². The summed E-state index contributed by atoms with van der Waals surface area (Å²) in [5, 5.41) is 0. The highest BCUT2D eigenvalue weighted by Gasteiger charge is 1.88. The normalized spacial score (nSPS) is 8.10. The first-order valence-corrected chi connectivity index (χ1v) is 2.80. The van der Waals surface area contributed by atoms with Crippen molar-refractivity contribution in [2.24, 2.45) is 5.73 Å². The van der Waals surface area contributed by atoms with Crippen LogP contribution in [0.3, 0.4) is 0 Å². The first kappa shape index (κ1) is 6.63. The van der Waals surface area contributed by atoms with Gasteiger partial charge in [0, 0.05) is 11.6 Å². The zero-order valence-electron chi connectivity index (χ0n) is 5.26. The molecule has 0 bridgehead atoms. The number of hydrogen-bond acceptors (Lipinski definition) is 1. The van der Waals surface area contributed by atoms with Crippen LogP contribution in [0.15, 0.2) is 24.3 Å². The summed E-state index contributed by atoms with van der Waals surface area (Å²) in [6.07, 6.45) is 0. The molecule has 0 aliphatic heterocycles. The largest absolute Gasteiger partial charge is 0.359 e. The van der Waals surface area contributed by atoms with Gasteiger partial charge < -0.3 is 5.73 Å². The van der Waals surface area contributed by atoms with Crippen LogP contribution >= 0.6 is 0 Å². The number of hydrogen-bond donors (Lipinski definition) is 1. The summed E-state index contributed by atoms with van der Waals surface area (Å²) in [7, 11) is 0. The highest BCUT2D eigenvalue weighted by atomic mass is 19.1. The van der Waals surface area contributed by atoms with E-state index in [0.29, 0.717) is 5.56 Å². The molecule has 0 aromatic heterocycles. The Morgan fingerprint density at radius 2 is 2.20 bits per heavy atom. The average Bonchev–Trinajstić information content (AvgIpc) is 1.88. The van der Waals surface area contributed by atoms with Crippen molar-refractivity contribution in [3.8, 4) is 12.0 Å². The van der Waals surface area contributed by atoms with Gasteiger partial charge in [-0.25, -0.2) is 4.39 Å². The van der Waals surface area contributed by atoms with E-state index in [1.807, 2.05) is 0 Å². The quantitative estimate of drug-likeness (QED) is 0.418. The van der Waals surface area contributed by atoms with E-state index in [4.69, 9.17) is 5.73 Å². The topological polar surface area (TPSA) is 26.0 Å². The lowest BCUT2D eigenvalue weighted by molar-refractivity contribution is 0.627. The molecule has 2 N–H and O–H groups in total. The molecule has 2 heteroatoms. The highest BCUT2D eigenvalue weighted by molar-refractivity contribution is 5.33. The zero-order valence-corrected chi connectivity index (χ0v) is 5.26. The Balaban J connectivity index is 3.03. The van der Waals surface area contributed by atoms with Crippen LogP contribution in [-0.2, 0) is 0 Å². The fourth-order valence-electron chi connectivity index (χ4n) is 0.650. The van der Waals surface area contributed by atoms with Gasteiger partial charge in [-0.05, 0) is 24.1 Å². The molecule has 0 saturated heterocycles. The van der Waals surface area contributed by atoms with E-state index in [9.17, 15) is 4.39 Å². The zero-order chi connectivity index (χ0) is 7.40. The minimum Gasteiger partial charge on any atom is -0.359 e. The predicted molar refractivity (Wildman–Crippen MR) is 37.5 cm³/mol. The van der Waals surface area contributed by atoms with Crippen molar-refractivity contribution >= 4 is 0 Å². The molecule has 1 rings (SSSR count). The number of benzene rings is 1. The van der Waals surface area contributed by atoms with Crippen molar-refractivity contribution in [2.45, 2.75) is 0 Å². The van der Waals surface area contributed by atoms with Crippen molar-refractivity contribution in [3.05, 3.63) is 35.6 Å². The van der Waals surface area contributed by atoms with Crippen LogP contribution in [0.4, 0.5) is 4.39 Å². The van der Waals surface area contributed by atoms with Crippen LogP contribution in [0, 0.1) is 17.8 Å². The molecule has 0 spiro atoms. The molecule has 0 unspecified atom stereocenters. The van der Waals surface area contributed by atoms with Crippen molar-refractivity contribution in [2.75, 3.05) is 0 Å². The molecule has 50 valence electrons. The van der Waals surface area contributed by atoms with Gasteiger partial charge >= 0.3 is 0 Å². The van der Waals surface area contributed by atoms with E-state index < -0.39 is 0 Å². The Labute approximate surface area is 58.7 Å². The Hall–Kier alpha value is -1.49. The monoisotopic (exact) mass is 135 g/mol. The maximum atomic E-state index is 12.4. The molecule has 1 nitrogen and oxygen atoms in total. The molecular formula is C8H6FN. The molecular weight excluding hydrogens is 129 g/mol. The maximum absolute atomic E-state index is 12.4. The fraction of sp³-hybridized carbons (Fsp3) is 0. The lowest BCUT2D eigenvalue weighted by Gasteiger charge is -1.87. The molecule has 0 aliphatic carbocycles. The number of nitrogens with two attached hydrogens (primary N) is 1. The Kier molecular flexibility index (Phi) is 1.91. The van der Waals surface area contributed by atoms with Crippen LogP contribution in [0.1, 0.15) is 5.56 Å². The van der Waals surface area contributed by atoms with Gasteiger partial charge in [-0.2, -0.15) is 0 Å². The molecule has 1 aromatic rings. The molecule has 10 heavy (non-hydrogen) atoms. The molecule has 0 saturated carbocycles. The third-order valence-electron chi connectivity index (χ3n) is 1.04. The predicted octanol–water partition coefficient (Wildman–Crippen LogP) is 1.09. The van der Waals surface area contributed by atoms with E-state index in [1.54, 1.807) is 12.1 Å². The van der Waals surface area contributed by atoms with Crippen LogP contribution in [0.2, 0.25) is 0 Å². The highest BCUT2D eigenvalue weighted by Crippen LogP contribution is 2.00. The molecule has 0 fully saturated rings. The summed E-state index contributed by atoms with van der Waals surface area (Å²) in [5.74, 6) is 2.24. The van der Waals surface area contributed by atoms with E-state index >= 15 is 0 Å². The van der Waals surface area contributed by atoms with Crippen molar-refractivity contribution in [1.82, 2.24) is 0 Å². The van der Waals surface area contributed by atoms with Crippen molar-refractivity contribution < 1.29 is 4.39 Å². The summed E-state index contributed by atoms with van der Waals surface area (Å²) < 4.78 is 12.4. The minimum absolute atomic E-state index is 0.291. The lowest BCUT2D eigenvalue weighted by Crippen LogP contribution is -1.80. The molecule has 0 radical (unpaired) electrons. The van der Waals surface area contributed by atoms with Crippen LogP contribution in [0.25, 0.3) is 0 Å². The summed E-state index contributed by atoms with van der Waals surface area (Å²) >= 11 is 0. The first-order valence-electron chi connectivity index (χ1n) is 2.80. The third-order valence-corrected chi connectivity index (χ3v) is 1.04. The summed E-state index contributed by atoms with van der Waals surface area (Å²) in [4.78, 5) is 0. The van der Waals surface area contributed by atoms with E-state index in [0.717, 1.165) is 0 Å².